The molecule has 0 aromatic heterocycles. The van der Waals surface area contributed by atoms with E-state index in [4.69, 9.17) is 4.74 Å². The van der Waals surface area contributed by atoms with Crippen LogP contribution in [0.3, 0.4) is 0 Å². The summed E-state index contributed by atoms with van der Waals surface area (Å²) in [7, 11) is 1.89. The molecule has 4 heteroatoms. The van der Waals surface area contributed by atoms with Crippen molar-refractivity contribution in [2.45, 2.75) is 31.9 Å². The zero-order valence-corrected chi connectivity index (χ0v) is 12.3. The summed E-state index contributed by atoms with van der Waals surface area (Å²) >= 11 is 0. The summed E-state index contributed by atoms with van der Waals surface area (Å²) in [6, 6.07) is 10.5. The number of amides is 1. The van der Waals surface area contributed by atoms with Crippen LogP contribution in [0.1, 0.15) is 18.9 Å². The van der Waals surface area contributed by atoms with Crippen LogP contribution in [0.2, 0.25) is 0 Å². The number of rotatable bonds is 5. The maximum atomic E-state index is 12.4. The van der Waals surface area contributed by atoms with Gasteiger partial charge in [-0.05, 0) is 18.4 Å². The van der Waals surface area contributed by atoms with Crippen LogP contribution in [0.25, 0.3) is 0 Å². The summed E-state index contributed by atoms with van der Waals surface area (Å²) in [5, 5.41) is 3.20. The highest BCUT2D eigenvalue weighted by Gasteiger charge is 2.28. The third kappa shape index (κ3) is 3.81. The van der Waals surface area contributed by atoms with Crippen LogP contribution in [0.4, 0.5) is 0 Å². The first-order valence-corrected chi connectivity index (χ1v) is 7.35. The van der Waals surface area contributed by atoms with Crippen molar-refractivity contribution in [2.24, 2.45) is 0 Å². The molecule has 2 atom stereocenters. The molecule has 2 rings (SSSR count). The van der Waals surface area contributed by atoms with Crippen LogP contribution in [0.5, 0.6) is 0 Å². The van der Waals surface area contributed by atoms with Crippen LogP contribution >= 0.6 is 0 Å². The van der Waals surface area contributed by atoms with Gasteiger partial charge < -0.3 is 15.0 Å². The molecule has 1 saturated heterocycles. The maximum Gasteiger partial charge on any atom is 0.253 e. The number of hydrogen-bond acceptors (Lipinski definition) is 3. The smallest absolute Gasteiger partial charge is 0.253 e. The van der Waals surface area contributed by atoms with Gasteiger partial charge >= 0.3 is 0 Å². The van der Waals surface area contributed by atoms with Gasteiger partial charge in [0.05, 0.1) is 6.61 Å². The van der Waals surface area contributed by atoms with Crippen molar-refractivity contribution in [2.75, 3.05) is 26.7 Å². The second kappa shape index (κ2) is 7.41. The van der Waals surface area contributed by atoms with E-state index in [0.29, 0.717) is 13.2 Å². The molecule has 1 aromatic rings. The molecule has 1 aliphatic heterocycles. The molecule has 0 spiro atoms. The molecule has 1 amide bonds. The summed E-state index contributed by atoms with van der Waals surface area (Å²) in [6.07, 6.45) is 1.50. The number of ether oxygens (including phenoxy) is 1. The van der Waals surface area contributed by atoms with Crippen molar-refractivity contribution in [3.05, 3.63) is 35.9 Å². The Morgan fingerprint density at radius 3 is 2.80 bits per heavy atom. The molecule has 1 heterocycles. The fourth-order valence-electron chi connectivity index (χ4n) is 2.57. The minimum absolute atomic E-state index is 0.0833. The molecule has 0 bridgehead atoms. The fraction of sp³-hybridized carbons (Fsp3) is 0.562. The molecular formula is C16H24N2O2. The predicted molar refractivity (Wildman–Crippen MR) is 79.6 cm³/mol. The monoisotopic (exact) mass is 276 g/mol. The normalized spacial score (nSPS) is 20.4. The highest BCUT2D eigenvalue weighted by atomic mass is 16.5. The van der Waals surface area contributed by atoms with E-state index in [1.54, 1.807) is 0 Å². The third-order valence-corrected chi connectivity index (χ3v) is 3.88. The molecule has 2 unspecified atom stereocenters. The van der Waals surface area contributed by atoms with Gasteiger partial charge in [0.1, 0.15) is 6.10 Å². The van der Waals surface area contributed by atoms with Crippen LogP contribution in [0.15, 0.2) is 30.3 Å². The number of nitrogens with zero attached hydrogens (tertiary/aromatic N) is 1. The molecule has 1 fully saturated rings. The minimum atomic E-state index is -0.335. The average molecular weight is 276 g/mol. The average Bonchev–Trinajstić information content (AvgIpc) is 2.53. The van der Waals surface area contributed by atoms with Crippen molar-refractivity contribution in [3.63, 3.8) is 0 Å². The number of carbonyl (C=O) groups excluding carboxylic acids is 1. The topological polar surface area (TPSA) is 41.6 Å². The Hall–Kier alpha value is -1.39. The standard InChI is InChI=1S/C16H24N2O2/c1-3-14(11-13-7-5-4-6-8-13)18(2)16(19)15-12-17-9-10-20-15/h4-8,14-15,17H,3,9-12H2,1-2H3. The Labute approximate surface area is 121 Å². The van der Waals surface area contributed by atoms with E-state index < -0.39 is 0 Å². The van der Waals surface area contributed by atoms with Crippen molar-refractivity contribution in [3.8, 4) is 0 Å². The van der Waals surface area contributed by atoms with Gasteiger partial charge in [0.25, 0.3) is 5.91 Å². The van der Waals surface area contributed by atoms with Crippen LogP contribution < -0.4 is 5.32 Å². The number of nitrogens with one attached hydrogen (secondary N) is 1. The maximum absolute atomic E-state index is 12.4. The lowest BCUT2D eigenvalue weighted by atomic mass is 10.0. The Balaban J connectivity index is 1.97. The second-order valence-electron chi connectivity index (χ2n) is 5.26. The molecule has 1 aliphatic rings. The highest BCUT2D eigenvalue weighted by Crippen LogP contribution is 2.13. The third-order valence-electron chi connectivity index (χ3n) is 3.88. The van der Waals surface area contributed by atoms with Gasteiger partial charge in [0.2, 0.25) is 0 Å². The van der Waals surface area contributed by atoms with Crippen LogP contribution in [-0.2, 0) is 16.0 Å². The molecule has 1 N–H and O–H groups in total. The molecule has 0 aliphatic carbocycles. The molecule has 20 heavy (non-hydrogen) atoms. The zero-order valence-electron chi connectivity index (χ0n) is 12.3. The number of likely N-dealkylation sites (N-methyl/N-ethyl adjacent to an activating group) is 1. The lowest BCUT2D eigenvalue weighted by molar-refractivity contribution is -0.146. The Kier molecular flexibility index (Phi) is 5.56. The minimum Gasteiger partial charge on any atom is -0.366 e. The van der Waals surface area contributed by atoms with Gasteiger partial charge in [-0.2, -0.15) is 0 Å². The summed E-state index contributed by atoms with van der Waals surface area (Å²) < 4.78 is 5.55. The van der Waals surface area contributed by atoms with Gasteiger partial charge in [-0.15, -0.1) is 0 Å². The van der Waals surface area contributed by atoms with Crippen molar-refractivity contribution in [1.82, 2.24) is 10.2 Å². The molecular weight excluding hydrogens is 252 g/mol. The first-order chi connectivity index (χ1) is 9.72. The highest BCUT2D eigenvalue weighted by molar-refractivity contribution is 5.81. The Bertz CT molecular complexity index is 416. The number of morpholine rings is 1. The first-order valence-electron chi connectivity index (χ1n) is 7.35. The van der Waals surface area contributed by atoms with E-state index in [1.807, 2.05) is 30.1 Å². The van der Waals surface area contributed by atoms with Crippen LogP contribution in [-0.4, -0.2) is 49.7 Å². The molecule has 0 saturated carbocycles. The molecule has 1 aromatic carbocycles. The lowest BCUT2D eigenvalue weighted by Crippen LogP contribution is -2.51. The zero-order chi connectivity index (χ0) is 14.4. The van der Waals surface area contributed by atoms with E-state index in [2.05, 4.69) is 24.4 Å². The van der Waals surface area contributed by atoms with E-state index in [-0.39, 0.29) is 18.1 Å². The second-order valence-corrected chi connectivity index (χ2v) is 5.26. The van der Waals surface area contributed by atoms with E-state index in [9.17, 15) is 4.79 Å². The van der Waals surface area contributed by atoms with Gasteiger partial charge in [-0.3, -0.25) is 4.79 Å². The van der Waals surface area contributed by atoms with Gasteiger partial charge in [-0.25, -0.2) is 0 Å². The van der Waals surface area contributed by atoms with Gasteiger partial charge in [0, 0.05) is 26.2 Å². The van der Waals surface area contributed by atoms with Crippen molar-refractivity contribution in [1.29, 1.82) is 0 Å². The van der Waals surface area contributed by atoms with E-state index in [1.165, 1.54) is 5.56 Å². The van der Waals surface area contributed by atoms with E-state index in [0.717, 1.165) is 19.4 Å². The first kappa shape index (κ1) is 15.0. The van der Waals surface area contributed by atoms with Gasteiger partial charge in [0.15, 0.2) is 0 Å². The van der Waals surface area contributed by atoms with Crippen molar-refractivity contribution >= 4 is 5.91 Å². The number of benzene rings is 1. The largest absolute Gasteiger partial charge is 0.366 e. The summed E-state index contributed by atoms with van der Waals surface area (Å²) in [5.74, 6) is 0.0833. The fourth-order valence-corrected chi connectivity index (χ4v) is 2.57. The molecule has 4 nitrogen and oxygen atoms in total. The van der Waals surface area contributed by atoms with Crippen molar-refractivity contribution < 1.29 is 9.53 Å². The SMILES string of the molecule is CCC(Cc1ccccc1)N(C)C(=O)C1CNCCO1. The summed E-state index contributed by atoms with van der Waals surface area (Å²) in [4.78, 5) is 14.3. The quantitative estimate of drug-likeness (QED) is 0.885. The summed E-state index contributed by atoms with van der Waals surface area (Å²) in [6.45, 7) is 4.18. The predicted octanol–water partition coefficient (Wildman–Crippen LogP) is 1.45. The Morgan fingerprint density at radius 1 is 1.45 bits per heavy atom. The summed E-state index contributed by atoms with van der Waals surface area (Å²) in [5.41, 5.74) is 1.27. The molecule has 110 valence electrons. The number of carbonyl (C=O) groups is 1. The molecule has 0 radical (unpaired) electrons. The van der Waals surface area contributed by atoms with Gasteiger partial charge in [-0.1, -0.05) is 37.3 Å². The Morgan fingerprint density at radius 2 is 2.20 bits per heavy atom. The number of hydrogen-bond donors (Lipinski definition) is 1. The van der Waals surface area contributed by atoms with E-state index >= 15 is 0 Å². The lowest BCUT2D eigenvalue weighted by Gasteiger charge is -2.32. The van der Waals surface area contributed by atoms with Crippen LogP contribution in [0, 0.1) is 0 Å².